The highest BCUT2D eigenvalue weighted by Gasteiger charge is 2.20. The van der Waals surface area contributed by atoms with Gasteiger partial charge in [-0.15, -0.1) is 0 Å². The second-order valence-electron chi connectivity index (χ2n) is 6.59. The number of hydrogen-bond acceptors (Lipinski definition) is 5. The fourth-order valence-electron chi connectivity index (χ4n) is 2.61. The van der Waals surface area contributed by atoms with Crippen molar-refractivity contribution in [1.82, 2.24) is 14.8 Å². The molecule has 7 heteroatoms. The maximum absolute atomic E-state index is 12.6. The van der Waals surface area contributed by atoms with Crippen LogP contribution >= 0.6 is 0 Å². The van der Waals surface area contributed by atoms with Crippen LogP contribution in [0.15, 0.2) is 54.9 Å². The molecule has 1 amide bonds. The number of aromatic nitrogens is 3. The quantitative estimate of drug-likeness (QED) is 0.709. The van der Waals surface area contributed by atoms with Gasteiger partial charge in [-0.2, -0.15) is 15.0 Å². The molecule has 1 N–H and O–H groups in total. The molecule has 1 atom stereocenters. The number of anilines is 1. The molecule has 7 nitrogen and oxygen atoms in total. The lowest BCUT2D eigenvalue weighted by Gasteiger charge is -2.16. The van der Waals surface area contributed by atoms with Gasteiger partial charge in [0.25, 0.3) is 5.91 Å². The van der Waals surface area contributed by atoms with Gasteiger partial charge >= 0.3 is 0 Å². The first-order chi connectivity index (χ1) is 13.5. The van der Waals surface area contributed by atoms with E-state index in [4.69, 9.17) is 4.74 Å². The Morgan fingerprint density at radius 2 is 1.93 bits per heavy atom. The Balaban J connectivity index is 1.75. The van der Waals surface area contributed by atoms with E-state index in [1.165, 1.54) is 16.4 Å². The summed E-state index contributed by atoms with van der Waals surface area (Å²) in [7, 11) is 0. The van der Waals surface area contributed by atoms with Gasteiger partial charge in [-0.25, -0.2) is 4.98 Å². The van der Waals surface area contributed by atoms with Crippen LogP contribution in [-0.4, -0.2) is 26.8 Å². The monoisotopic (exact) mass is 375 g/mol. The summed E-state index contributed by atoms with van der Waals surface area (Å²) >= 11 is 0. The molecule has 0 saturated carbocycles. The van der Waals surface area contributed by atoms with Gasteiger partial charge in [0.05, 0.1) is 6.20 Å². The average Bonchev–Trinajstić information content (AvgIpc) is 3.11. The van der Waals surface area contributed by atoms with Crippen LogP contribution in [0.5, 0.6) is 5.75 Å². The molecule has 0 radical (unpaired) electrons. The lowest BCUT2D eigenvalue weighted by Crippen LogP contribution is -2.31. The first-order valence-electron chi connectivity index (χ1n) is 8.96. The maximum atomic E-state index is 12.6. The standard InChI is InChI=1S/C21H21N5O2/c1-14(2)16-7-9-18(10-8-16)28-15(3)21(27)25-20-17(12-22)13-24-26(20)19-6-4-5-11-23-19/h4-11,13-15H,1-3H3,(H,25,27). The van der Waals surface area contributed by atoms with E-state index >= 15 is 0 Å². The minimum Gasteiger partial charge on any atom is -0.481 e. The number of nitrogens with zero attached hydrogens (tertiary/aromatic N) is 4. The molecule has 3 rings (SSSR count). The SMILES string of the molecule is CC(Oc1ccc(C(C)C)cc1)C(=O)Nc1c(C#N)cnn1-c1ccccn1. The Kier molecular flexibility index (Phi) is 5.70. The smallest absolute Gasteiger partial charge is 0.266 e. The number of rotatable bonds is 6. The zero-order valence-corrected chi connectivity index (χ0v) is 16.0. The first-order valence-corrected chi connectivity index (χ1v) is 8.96. The molecule has 3 aromatic rings. The average molecular weight is 375 g/mol. The molecule has 2 heterocycles. The van der Waals surface area contributed by atoms with Crippen molar-refractivity contribution in [2.45, 2.75) is 32.8 Å². The Bertz CT molecular complexity index is 988. The van der Waals surface area contributed by atoms with Crippen molar-refractivity contribution < 1.29 is 9.53 Å². The number of benzene rings is 1. The van der Waals surface area contributed by atoms with Crippen molar-refractivity contribution in [2.24, 2.45) is 0 Å². The predicted octanol–water partition coefficient (Wildman–Crippen LogP) is 3.67. The van der Waals surface area contributed by atoms with Crippen LogP contribution in [0, 0.1) is 11.3 Å². The summed E-state index contributed by atoms with van der Waals surface area (Å²) < 4.78 is 7.16. The third-order valence-corrected chi connectivity index (χ3v) is 4.23. The van der Waals surface area contributed by atoms with E-state index in [0.29, 0.717) is 17.5 Å². The van der Waals surface area contributed by atoms with Gasteiger partial charge in [0.2, 0.25) is 0 Å². The van der Waals surface area contributed by atoms with Crippen LogP contribution in [-0.2, 0) is 4.79 Å². The molecule has 142 valence electrons. The topological polar surface area (TPSA) is 92.8 Å². The number of nitrogens with one attached hydrogen (secondary N) is 1. The summed E-state index contributed by atoms with van der Waals surface area (Å²) in [5.74, 6) is 1.40. The van der Waals surface area contributed by atoms with Crippen molar-refractivity contribution in [3.8, 4) is 17.6 Å². The number of ether oxygens (including phenoxy) is 1. The molecule has 0 saturated heterocycles. The molecule has 0 spiro atoms. The van der Waals surface area contributed by atoms with Crippen molar-refractivity contribution in [3.63, 3.8) is 0 Å². The largest absolute Gasteiger partial charge is 0.481 e. The van der Waals surface area contributed by atoms with Gasteiger partial charge in [0.1, 0.15) is 17.4 Å². The van der Waals surface area contributed by atoms with Gasteiger partial charge in [0.15, 0.2) is 17.7 Å². The first kappa shape index (κ1) is 19.1. The number of pyridine rings is 1. The number of amides is 1. The highest BCUT2D eigenvalue weighted by molar-refractivity contribution is 5.94. The second-order valence-corrected chi connectivity index (χ2v) is 6.59. The van der Waals surface area contributed by atoms with Crippen molar-refractivity contribution in [1.29, 1.82) is 5.26 Å². The van der Waals surface area contributed by atoms with E-state index in [2.05, 4.69) is 29.2 Å². The normalized spacial score (nSPS) is 11.7. The van der Waals surface area contributed by atoms with Crippen molar-refractivity contribution >= 4 is 11.7 Å². The van der Waals surface area contributed by atoms with Crippen LogP contribution in [0.3, 0.4) is 0 Å². The Labute approximate surface area is 163 Å². The lowest BCUT2D eigenvalue weighted by atomic mass is 10.0. The van der Waals surface area contributed by atoms with E-state index in [-0.39, 0.29) is 17.3 Å². The Morgan fingerprint density at radius 3 is 2.54 bits per heavy atom. The molecule has 1 unspecified atom stereocenters. The third-order valence-electron chi connectivity index (χ3n) is 4.23. The van der Waals surface area contributed by atoms with Gasteiger partial charge in [-0.05, 0) is 42.7 Å². The van der Waals surface area contributed by atoms with Crippen LogP contribution in [0.2, 0.25) is 0 Å². The summed E-state index contributed by atoms with van der Waals surface area (Å²) in [6.45, 7) is 5.88. The third kappa shape index (κ3) is 4.18. The molecule has 2 aromatic heterocycles. The number of hydrogen-bond donors (Lipinski definition) is 1. The maximum Gasteiger partial charge on any atom is 0.266 e. The fourth-order valence-corrected chi connectivity index (χ4v) is 2.61. The minimum atomic E-state index is -0.761. The molecule has 28 heavy (non-hydrogen) atoms. The van der Waals surface area contributed by atoms with Crippen LogP contribution in [0.1, 0.15) is 37.8 Å². The molecular formula is C21H21N5O2. The van der Waals surface area contributed by atoms with Gasteiger partial charge in [0, 0.05) is 6.20 Å². The van der Waals surface area contributed by atoms with E-state index in [1.807, 2.05) is 30.3 Å². The van der Waals surface area contributed by atoms with Gasteiger partial charge < -0.3 is 10.1 Å². The minimum absolute atomic E-state index is 0.243. The molecule has 0 bridgehead atoms. The van der Waals surface area contributed by atoms with Gasteiger partial charge in [-0.1, -0.05) is 32.0 Å². The van der Waals surface area contributed by atoms with Crippen LogP contribution in [0.4, 0.5) is 5.82 Å². The molecule has 0 aliphatic rings. The van der Waals surface area contributed by atoms with E-state index in [1.54, 1.807) is 31.3 Å². The summed E-state index contributed by atoms with van der Waals surface area (Å²) in [6, 6.07) is 15.0. The number of carbonyl (C=O) groups is 1. The van der Waals surface area contributed by atoms with E-state index in [9.17, 15) is 10.1 Å². The van der Waals surface area contributed by atoms with Crippen LogP contribution in [0.25, 0.3) is 5.82 Å². The Hall–Kier alpha value is -3.66. The lowest BCUT2D eigenvalue weighted by molar-refractivity contribution is -0.122. The zero-order valence-electron chi connectivity index (χ0n) is 16.0. The summed E-state index contributed by atoms with van der Waals surface area (Å²) in [4.78, 5) is 16.8. The summed E-state index contributed by atoms with van der Waals surface area (Å²) in [5.41, 5.74) is 1.44. The van der Waals surface area contributed by atoms with E-state index < -0.39 is 6.10 Å². The highest BCUT2D eigenvalue weighted by atomic mass is 16.5. The second kappa shape index (κ2) is 8.35. The Morgan fingerprint density at radius 1 is 1.18 bits per heavy atom. The molecule has 0 aliphatic heterocycles. The summed E-state index contributed by atoms with van der Waals surface area (Å²) in [6.07, 6.45) is 2.24. The summed E-state index contributed by atoms with van der Waals surface area (Å²) in [5, 5.41) is 16.2. The fraction of sp³-hybridized carbons (Fsp3) is 0.238. The molecular weight excluding hydrogens is 354 g/mol. The van der Waals surface area contributed by atoms with E-state index in [0.717, 1.165) is 0 Å². The van der Waals surface area contributed by atoms with Crippen LogP contribution < -0.4 is 10.1 Å². The van der Waals surface area contributed by atoms with Crippen molar-refractivity contribution in [2.75, 3.05) is 5.32 Å². The molecule has 0 fully saturated rings. The molecule has 1 aromatic carbocycles. The van der Waals surface area contributed by atoms with Crippen molar-refractivity contribution in [3.05, 3.63) is 66.0 Å². The highest BCUT2D eigenvalue weighted by Crippen LogP contribution is 2.21. The zero-order chi connectivity index (χ0) is 20.1. The number of carbonyl (C=O) groups excluding carboxylic acids is 1. The predicted molar refractivity (Wildman–Crippen MR) is 105 cm³/mol. The van der Waals surface area contributed by atoms with Gasteiger partial charge in [-0.3, -0.25) is 4.79 Å². The molecule has 0 aliphatic carbocycles. The number of nitriles is 1.